The number of hydrogen-bond donors (Lipinski definition) is 3. The molecule has 8 rings (SSSR count). The molecule has 0 saturated carbocycles. The fourth-order valence-corrected chi connectivity index (χ4v) is 10.6. The number of carbonyl (C=O) groups is 5. The van der Waals surface area contributed by atoms with Gasteiger partial charge in [-0.3, -0.25) is 29.2 Å². The number of cyclic esters (lactones) is 1. The van der Waals surface area contributed by atoms with Crippen LogP contribution in [0.1, 0.15) is 76.8 Å². The van der Waals surface area contributed by atoms with Crippen LogP contribution in [0.5, 0.6) is 0 Å². The van der Waals surface area contributed by atoms with Crippen LogP contribution in [-0.4, -0.2) is 148 Å². The number of fused-ring (bicyclic) bond motifs is 6. The number of thiazole rings is 1. The summed E-state index contributed by atoms with van der Waals surface area (Å²) in [6.07, 6.45) is 3.18. The number of aryl methyl sites for hydroxylation is 1. The van der Waals surface area contributed by atoms with Crippen molar-refractivity contribution in [3.63, 3.8) is 0 Å². The maximum atomic E-state index is 14.6. The third kappa shape index (κ3) is 9.55. The minimum Gasteiger partial charge on any atom is -0.464 e. The van der Waals surface area contributed by atoms with Gasteiger partial charge in [0, 0.05) is 105 Å². The van der Waals surface area contributed by atoms with Crippen LogP contribution >= 0.6 is 11.3 Å². The highest BCUT2D eigenvalue weighted by molar-refractivity contribution is 7.10. The summed E-state index contributed by atoms with van der Waals surface area (Å²) in [5, 5.41) is 11.2. The predicted molar refractivity (Wildman–Crippen MR) is 251 cm³/mol. The Bertz CT molecular complexity index is 2500. The van der Waals surface area contributed by atoms with Gasteiger partial charge in [0.05, 0.1) is 40.8 Å². The van der Waals surface area contributed by atoms with Crippen molar-refractivity contribution in [3.8, 4) is 22.5 Å². The number of likely N-dealkylation sites (N-methyl/N-ethyl adjacent to an activating group) is 1. The molecule has 17 nitrogen and oxygen atoms in total. The van der Waals surface area contributed by atoms with E-state index in [-0.39, 0.29) is 49.1 Å². The number of piperazine rings is 1. The summed E-state index contributed by atoms with van der Waals surface area (Å²) in [5.41, 5.74) is 9.15. The Balaban J connectivity index is 1.12. The maximum Gasteiger partial charge on any atom is 0.324 e. The molecule has 0 aliphatic carbocycles. The van der Waals surface area contributed by atoms with Crippen molar-refractivity contribution < 1.29 is 33.4 Å². The van der Waals surface area contributed by atoms with Gasteiger partial charge in [0.15, 0.2) is 0 Å². The standard InChI is InChI=1S/C48H64N10O7S/c1-27(2)41(55(8)47(63)57-19-18-56(24-28(57)3)44(60)36-23-50-36)43(59)52-35-21-39-51-37(25-66-39)30-14-15-38-32(20-30)33(42(54(38)7)31-12-10-16-49-40(31)29(4)64-9)22-48(5,6)26-65-46(62)34-13-11-17-58(53-34)45(35)61/h10,12,14-16,20,25,27-29,34-36,41,50,53H,11,13,17-19,21-24,26H2,1-9H3,(H,52,59)/t28-,29+,34+,35+,36+,41+/m1/s1. The van der Waals surface area contributed by atoms with Crippen molar-refractivity contribution in [2.45, 2.75) is 104 Å². The number of ether oxygens (including phenoxy) is 2. The summed E-state index contributed by atoms with van der Waals surface area (Å²) in [6.45, 7) is 14.1. The largest absolute Gasteiger partial charge is 0.464 e. The van der Waals surface area contributed by atoms with Crippen LogP contribution in [-0.2, 0) is 48.5 Å². The molecule has 3 N–H and O–H groups in total. The van der Waals surface area contributed by atoms with Crippen LogP contribution in [0.4, 0.5) is 4.79 Å². The molecule has 7 heterocycles. The minimum atomic E-state index is -1.08. The first-order chi connectivity index (χ1) is 31.5. The third-order valence-electron chi connectivity index (χ3n) is 13.5. The van der Waals surface area contributed by atoms with E-state index < -0.39 is 41.3 Å². The number of esters is 1. The van der Waals surface area contributed by atoms with Crippen LogP contribution in [0.15, 0.2) is 41.9 Å². The minimum absolute atomic E-state index is 0.0443. The summed E-state index contributed by atoms with van der Waals surface area (Å²) < 4.78 is 14.1. The van der Waals surface area contributed by atoms with Crippen LogP contribution < -0.4 is 16.1 Å². The second-order valence-corrected chi connectivity index (χ2v) is 20.4. The smallest absolute Gasteiger partial charge is 0.324 e. The normalized spacial score (nSPS) is 23.3. The van der Waals surface area contributed by atoms with Crippen LogP contribution in [0.3, 0.4) is 0 Å². The molecule has 18 heteroatoms. The van der Waals surface area contributed by atoms with Crippen molar-refractivity contribution in [2.75, 3.05) is 53.5 Å². The van der Waals surface area contributed by atoms with E-state index in [1.807, 2.05) is 45.2 Å². The molecule has 0 spiro atoms. The van der Waals surface area contributed by atoms with Gasteiger partial charge in [-0.25, -0.2) is 15.2 Å². The number of urea groups is 1. The van der Waals surface area contributed by atoms with Gasteiger partial charge in [-0.05, 0) is 68.9 Å². The number of hydrazine groups is 1. The van der Waals surface area contributed by atoms with Gasteiger partial charge in [-0.15, -0.1) is 11.3 Å². The zero-order valence-electron chi connectivity index (χ0n) is 39.6. The molecule has 6 atom stereocenters. The van der Waals surface area contributed by atoms with E-state index in [4.69, 9.17) is 19.4 Å². The summed E-state index contributed by atoms with van der Waals surface area (Å²) in [5.74, 6) is -1.64. The number of rotatable bonds is 8. The monoisotopic (exact) mass is 924 g/mol. The molecule has 3 fully saturated rings. The van der Waals surface area contributed by atoms with Gasteiger partial charge < -0.3 is 39.4 Å². The van der Waals surface area contributed by atoms with Gasteiger partial charge >= 0.3 is 12.0 Å². The molecule has 1 aromatic carbocycles. The van der Waals surface area contributed by atoms with Gasteiger partial charge in [0.1, 0.15) is 18.1 Å². The molecule has 3 aromatic heterocycles. The fraction of sp³-hybridized carbons (Fsp3) is 0.562. The highest BCUT2D eigenvalue weighted by Gasteiger charge is 2.41. The number of aromatic nitrogens is 3. The van der Waals surface area contributed by atoms with Crippen LogP contribution in [0.2, 0.25) is 0 Å². The molecule has 6 bridgehead atoms. The summed E-state index contributed by atoms with van der Waals surface area (Å²) in [6, 6.07) is 6.78. The Morgan fingerprint density at radius 1 is 1.11 bits per heavy atom. The Labute approximate surface area is 390 Å². The second kappa shape index (κ2) is 19.1. The fourth-order valence-electron chi connectivity index (χ4n) is 9.77. The van der Waals surface area contributed by atoms with E-state index in [9.17, 15) is 24.0 Å². The number of amides is 5. The number of pyridine rings is 1. The van der Waals surface area contributed by atoms with Gasteiger partial charge in [-0.1, -0.05) is 33.8 Å². The first kappa shape index (κ1) is 47.1. The zero-order valence-corrected chi connectivity index (χ0v) is 40.4. The van der Waals surface area contributed by atoms with E-state index in [1.54, 1.807) is 30.2 Å². The Morgan fingerprint density at radius 3 is 2.59 bits per heavy atom. The Kier molecular flexibility index (Phi) is 13.6. The zero-order chi connectivity index (χ0) is 47.2. The average molecular weight is 925 g/mol. The quantitative estimate of drug-likeness (QED) is 0.169. The molecule has 354 valence electrons. The van der Waals surface area contributed by atoms with Crippen LogP contribution in [0, 0.1) is 11.3 Å². The predicted octanol–water partition coefficient (Wildman–Crippen LogP) is 4.30. The highest BCUT2D eigenvalue weighted by Crippen LogP contribution is 2.41. The van der Waals surface area contributed by atoms with E-state index in [1.165, 1.54) is 21.2 Å². The van der Waals surface area contributed by atoms with Crippen molar-refractivity contribution in [2.24, 2.45) is 18.4 Å². The number of carbonyl (C=O) groups excluding carboxylic acids is 5. The molecule has 5 amide bonds. The van der Waals surface area contributed by atoms with E-state index >= 15 is 0 Å². The van der Waals surface area contributed by atoms with Crippen molar-refractivity contribution in [1.29, 1.82) is 0 Å². The molecule has 66 heavy (non-hydrogen) atoms. The van der Waals surface area contributed by atoms with Crippen molar-refractivity contribution in [3.05, 3.63) is 58.2 Å². The molecule has 0 unspecified atom stereocenters. The molecule has 4 aromatic rings. The average Bonchev–Trinajstić information content (AvgIpc) is 3.99. The second-order valence-electron chi connectivity index (χ2n) is 19.5. The Morgan fingerprint density at radius 2 is 1.88 bits per heavy atom. The lowest BCUT2D eigenvalue weighted by atomic mass is 9.84. The maximum absolute atomic E-state index is 14.6. The lowest BCUT2D eigenvalue weighted by molar-refractivity contribution is -0.155. The summed E-state index contributed by atoms with van der Waals surface area (Å²) >= 11 is 1.41. The molecule has 4 aliphatic rings. The summed E-state index contributed by atoms with van der Waals surface area (Å²) in [7, 11) is 5.35. The first-order valence-electron chi connectivity index (χ1n) is 23.1. The lowest BCUT2D eigenvalue weighted by Crippen LogP contribution is -2.63. The highest BCUT2D eigenvalue weighted by atomic mass is 32.1. The van der Waals surface area contributed by atoms with Gasteiger partial charge in [0.2, 0.25) is 11.8 Å². The first-order valence-corrected chi connectivity index (χ1v) is 24.0. The summed E-state index contributed by atoms with van der Waals surface area (Å²) in [4.78, 5) is 84.7. The number of nitrogens with one attached hydrogen (secondary N) is 3. The molecular weight excluding hydrogens is 861 g/mol. The van der Waals surface area contributed by atoms with E-state index in [2.05, 4.69) is 59.7 Å². The van der Waals surface area contributed by atoms with Crippen LogP contribution in [0.25, 0.3) is 33.4 Å². The molecule has 0 radical (unpaired) electrons. The molecule has 4 aliphatic heterocycles. The lowest BCUT2D eigenvalue weighted by Gasteiger charge is -2.43. The third-order valence-corrected chi connectivity index (χ3v) is 14.4. The van der Waals surface area contributed by atoms with E-state index in [0.717, 1.165) is 44.7 Å². The number of benzene rings is 1. The number of methoxy groups -OCH3 is 1. The molecular formula is C48H64N10O7S. The van der Waals surface area contributed by atoms with E-state index in [0.29, 0.717) is 57.0 Å². The SMILES string of the molecule is CO[C@@H](C)c1ncccc1-c1c2c3cc(ccc3n1C)-c1csc(n1)C[C@H](NC(=O)[C@H](C(C)C)N(C)C(=O)N1CCN(C(=O)[C@@H]3CN3)C[C@H]1C)C(=O)N1CCC[C@H](N1)C(=O)OCC(C)(C)C2. The van der Waals surface area contributed by atoms with Crippen molar-refractivity contribution in [1.82, 2.24) is 50.3 Å². The topological polar surface area (TPSA) is 193 Å². The van der Waals surface area contributed by atoms with Gasteiger partial charge in [-0.2, -0.15) is 0 Å². The number of hydrogen-bond acceptors (Lipinski definition) is 12. The number of nitrogens with zero attached hydrogens (tertiary/aromatic N) is 7. The molecule has 3 saturated heterocycles. The van der Waals surface area contributed by atoms with Gasteiger partial charge in [0.25, 0.3) is 5.91 Å². The van der Waals surface area contributed by atoms with Crippen molar-refractivity contribution >= 4 is 52.0 Å². The Hall–Kier alpha value is -5.43.